The maximum atomic E-state index is 13.2. The van der Waals surface area contributed by atoms with Gasteiger partial charge in [-0.05, 0) is 49.2 Å². The van der Waals surface area contributed by atoms with Crippen molar-refractivity contribution >= 4 is 11.9 Å². The van der Waals surface area contributed by atoms with Crippen molar-refractivity contribution in [2.75, 3.05) is 27.4 Å². The average Bonchev–Trinajstić information content (AvgIpc) is 3.54. The first-order chi connectivity index (χ1) is 17.5. The summed E-state index contributed by atoms with van der Waals surface area (Å²) < 4.78 is 21.3. The Morgan fingerprint density at radius 2 is 1.00 bits per heavy atom. The molecule has 8 nitrogen and oxygen atoms in total. The van der Waals surface area contributed by atoms with Gasteiger partial charge in [-0.1, -0.05) is 24.3 Å². The van der Waals surface area contributed by atoms with Crippen molar-refractivity contribution in [1.82, 2.24) is 9.97 Å². The molecule has 2 aromatic heterocycles. The summed E-state index contributed by atoms with van der Waals surface area (Å²) >= 11 is 0. The summed E-state index contributed by atoms with van der Waals surface area (Å²) in [7, 11) is 3.19. The second-order valence-corrected chi connectivity index (χ2v) is 7.80. The number of hydrogen-bond acceptors (Lipinski definition) is 6. The molecule has 4 rings (SSSR count). The van der Waals surface area contributed by atoms with Gasteiger partial charge in [0.1, 0.15) is 11.5 Å². The molecule has 0 atom stereocenters. The van der Waals surface area contributed by atoms with Gasteiger partial charge in [0.25, 0.3) is 0 Å². The fourth-order valence-electron chi connectivity index (χ4n) is 4.07. The molecule has 2 heterocycles. The van der Waals surface area contributed by atoms with Gasteiger partial charge >= 0.3 is 11.9 Å². The standard InChI is InChI=1S/C28H28N2O6/c1-5-35-27(31)23-21(17-7-11-19(33-3)12-8-17)15-29-25(23)26-24(28(32)36-6-2)22(16-30-26)18-9-13-20(34-4)14-10-18/h7-16,29-30H,5-6H2,1-4H3. The fourth-order valence-corrected chi connectivity index (χ4v) is 4.07. The Hall–Kier alpha value is -4.46. The van der Waals surface area contributed by atoms with Crippen LogP contribution >= 0.6 is 0 Å². The van der Waals surface area contributed by atoms with Gasteiger partial charge in [-0.15, -0.1) is 0 Å². The first-order valence-electron chi connectivity index (χ1n) is 11.6. The van der Waals surface area contributed by atoms with E-state index in [0.29, 0.717) is 45.1 Å². The molecule has 0 aliphatic carbocycles. The van der Waals surface area contributed by atoms with Crippen LogP contribution in [0.15, 0.2) is 60.9 Å². The Balaban J connectivity index is 1.90. The number of carbonyl (C=O) groups is 2. The first-order valence-corrected chi connectivity index (χ1v) is 11.6. The van der Waals surface area contributed by atoms with E-state index >= 15 is 0 Å². The van der Waals surface area contributed by atoms with Crippen LogP contribution in [0.2, 0.25) is 0 Å². The molecule has 0 saturated carbocycles. The number of benzene rings is 2. The van der Waals surface area contributed by atoms with E-state index in [-0.39, 0.29) is 13.2 Å². The summed E-state index contributed by atoms with van der Waals surface area (Å²) in [5.74, 6) is 0.389. The highest BCUT2D eigenvalue weighted by Crippen LogP contribution is 2.38. The first kappa shape index (κ1) is 24.7. The van der Waals surface area contributed by atoms with E-state index in [1.807, 2.05) is 48.5 Å². The van der Waals surface area contributed by atoms with E-state index < -0.39 is 11.9 Å². The minimum atomic E-state index is -0.505. The molecule has 0 saturated heterocycles. The van der Waals surface area contributed by atoms with Crippen LogP contribution in [0.1, 0.15) is 34.6 Å². The molecule has 2 N–H and O–H groups in total. The molecular weight excluding hydrogens is 460 g/mol. The maximum Gasteiger partial charge on any atom is 0.341 e. The van der Waals surface area contributed by atoms with E-state index in [9.17, 15) is 9.59 Å². The van der Waals surface area contributed by atoms with Crippen molar-refractivity contribution in [2.24, 2.45) is 0 Å². The van der Waals surface area contributed by atoms with Gasteiger partial charge < -0.3 is 28.9 Å². The molecule has 0 spiro atoms. The third-order valence-electron chi connectivity index (χ3n) is 5.77. The van der Waals surface area contributed by atoms with Gasteiger partial charge in [-0.2, -0.15) is 0 Å². The Labute approximate surface area is 209 Å². The highest BCUT2D eigenvalue weighted by Gasteiger charge is 2.29. The van der Waals surface area contributed by atoms with Crippen molar-refractivity contribution < 1.29 is 28.5 Å². The summed E-state index contributed by atoms with van der Waals surface area (Å²) in [5.41, 5.74) is 4.36. The van der Waals surface area contributed by atoms with Gasteiger partial charge in [0.05, 0.1) is 49.9 Å². The van der Waals surface area contributed by atoms with Gasteiger partial charge in [-0.25, -0.2) is 9.59 Å². The minimum absolute atomic E-state index is 0.206. The van der Waals surface area contributed by atoms with Gasteiger partial charge in [0.2, 0.25) is 0 Å². The number of aromatic amines is 2. The number of aromatic nitrogens is 2. The third kappa shape index (κ3) is 4.70. The molecular formula is C28H28N2O6. The zero-order valence-electron chi connectivity index (χ0n) is 20.6. The Morgan fingerprint density at radius 1 is 0.639 bits per heavy atom. The molecule has 0 aliphatic heterocycles. The second-order valence-electron chi connectivity index (χ2n) is 7.80. The molecule has 0 radical (unpaired) electrons. The molecule has 0 fully saturated rings. The molecule has 4 aromatic rings. The smallest absolute Gasteiger partial charge is 0.341 e. The van der Waals surface area contributed by atoms with E-state index in [4.69, 9.17) is 18.9 Å². The zero-order chi connectivity index (χ0) is 25.7. The monoisotopic (exact) mass is 488 g/mol. The quantitative estimate of drug-likeness (QED) is 0.292. The van der Waals surface area contributed by atoms with Crippen LogP contribution in [0.3, 0.4) is 0 Å². The Kier molecular flexibility index (Phi) is 7.44. The van der Waals surface area contributed by atoms with Crippen molar-refractivity contribution in [3.8, 4) is 45.1 Å². The topological polar surface area (TPSA) is 103 Å². The number of ether oxygens (including phenoxy) is 4. The van der Waals surface area contributed by atoms with Gasteiger partial charge in [-0.3, -0.25) is 0 Å². The van der Waals surface area contributed by atoms with E-state index in [0.717, 1.165) is 11.1 Å². The normalized spacial score (nSPS) is 10.7. The lowest BCUT2D eigenvalue weighted by Gasteiger charge is -2.10. The summed E-state index contributed by atoms with van der Waals surface area (Å²) in [6.07, 6.45) is 3.46. The molecule has 36 heavy (non-hydrogen) atoms. The minimum Gasteiger partial charge on any atom is -0.497 e. The van der Waals surface area contributed by atoms with Crippen LogP contribution < -0.4 is 9.47 Å². The number of nitrogens with one attached hydrogen (secondary N) is 2. The van der Waals surface area contributed by atoms with Crippen molar-refractivity contribution in [1.29, 1.82) is 0 Å². The summed E-state index contributed by atoms with van der Waals surface area (Å²) in [6.45, 7) is 3.91. The van der Waals surface area contributed by atoms with E-state index in [1.165, 1.54) is 0 Å². The average molecular weight is 489 g/mol. The summed E-state index contributed by atoms with van der Waals surface area (Å²) in [4.78, 5) is 32.7. The van der Waals surface area contributed by atoms with Gasteiger partial charge in [0, 0.05) is 23.5 Å². The number of hydrogen-bond donors (Lipinski definition) is 2. The van der Waals surface area contributed by atoms with Crippen LogP contribution in [-0.4, -0.2) is 49.3 Å². The number of carbonyl (C=O) groups excluding carboxylic acids is 2. The molecule has 0 bridgehead atoms. The van der Waals surface area contributed by atoms with E-state index in [2.05, 4.69) is 9.97 Å². The molecule has 186 valence electrons. The van der Waals surface area contributed by atoms with Crippen LogP contribution in [0.4, 0.5) is 0 Å². The third-order valence-corrected chi connectivity index (χ3v) is 5.77. The van der Waals surface area contributed by atoms with Crippen molar-refractivity contribution in [3.05, 3.63) is 72.1 Å². The highest BCUT2D eigenvalue weighted by atomic mass is 16.5. The SMILES string of the molecule is CCOC(=O)c1c(-c2ccc(OC)cc2)c[nH]c1-c1[nH]cc(-c2ccc(OC)cc2)c1C(=O)OCC. The molecule has 0 amide bonds. The zero-order valence-corrected chi connectivity index (χ0v) is 20.6. The lowest BCUT2D eigenvalue weighted by atomic mass is 9.98. The van der Waals surface area contributed by atoms with Crippen LogP contribution in [0.25, 0.3) is 33.6 Å². The number of H-pyrrole nitrogens is 2. The summed E-state index contributed by atoms with van der Waals surface area (Å²) in [5, 5.41) is 0. The number of esters is 2. The van der Waals surface area contributed by atoms with E-state index in [1.54, 1.807) is 40.5 Å². The van der Waals surface area contributed by atoms with Crippen LogP contribution in [0.5, 0.6) is 11.5 Å². The maximum absolute atomic E-state index is 13.2. The lowest BCUT2D eigenvalue weighted by Crippen LogP contribution is -2.10. The second kappa shape index (κ2) is 10.9. The Bertz CT molecular complexity index is 1240. The predicted octanol–water partition coefficient (Wildman–Crippen LogP) is 5.71. The largest absolute Gasteiger partial charge is 0.497 e. The lowest BCUT2D eigenvalue weighted by molar-refractivity contribution is 0.0516. The molecule has 0 aliphatic rings. The molecule has 2 aromatic carbocycles. The highest BCUT2D eigenvalue weighted by molar-refractivity contribution is 6.08. The molecule has 0 unspecified atom stereocenters. The molecule has 8 heteroatoms. The predicted molar refractivity (Wildman–Crippen MR) is 136 cm³/mol. The Morgan fingerprint density at radius 3 is 1.31 bits per heavy atom. The van der Waals surface area contributed by atoms with Crippen molar-refractivity contribution in [2.45, 2.75) is 13.8 Å². The van der Waals surface area contributed by atoms with Crippen LogP contribution in [0, 0.1) is 0 Å². The fraction of sp³-hybridized carbons (Fsp3) is 0.214. The van der Waals surface area contributed by atoms with Crippen LogP contribution in [-0.2, 0) is 9.47 Å². The van der Waals surface area contributed by atoms with Crippen molar-refractivity contribution in [3.63, 3.8) is 0 Å². The summed E-state index contributed by atoms with van der Waals surface area (Å²) in [6, 6.07) is 14.7. The van der Waals surface area contributed by atoms with Gasteiger partial charge in [0.15, 0.2) is 0 Å². The number of rotatable bonds is 9. The number of methoxy groups -OCH3 is 2.